The van der Waals surface area contributed by atoms with Gasteiger partial charge in [-0.3, -0.25) is 0 Å². The Morgan fingerprint density at radius 3 is 1.40 bits per heavy atom. The van der Waals surface area contributed by atoms with Crippen LogP contribution in [0.2, 0.25) is 0 Å². The molecule has 12 rings (SSSR count). The molecule has 6 aliphatic rings. The van der Waals surface area contributed by atoms with Crippen LogP contribution in [0.15, 0.2) is 116 Å². The molecule has 0 unspecified atom stereocenters. The van der Waals surface area contributed by atoms with E-state index < -0.39 is 17.9 Å². The molecular formula is C42H32N4O6Re. The maximum atomic E-state index is 8.53. The van der Waals surface area contributed by atoms with Crippen molar-refractivity contribution < 1.29 is 43.1 Å². The Hall–Kier alpha value is -5.50. The van der Waals surface area contributed by atoms with E-state index in [9.17, 15) is 0 Å². The molecule has 11 heteroatoms. The van der Waals surface area contributed by atoms with Gasteiger partial charge in [-0.2, -0.15) is 0 Å². The molecule has 6 aromatic rings. The Morgan fingerprint density at radius 2 is 0.943 bits per heavy atom. The Morgan fingerprint density at radius 1 is 0.547 bits per heavy atom. The molecule has 0 amide bonds. The maximum Gasteiger partial charge on any atom is 0.204 e. The summed E-state index contributed by atoms with van der Waals surface area (Å²) < 4.78 is 41.2. The van der Waals surface area contributed by atoms with E-state index in [1.54, 1.807) is 0 Å². The van der Waals surface area contributed by atoms with E-state index >= 15 is 0 Å². The SMILES string of the molecule is [O]=[Re]=[O].c1ccc2c(c1)Cc1oc(CC3=N[C@@H]4c5ccccc5C[C@@H]4O3)nc1-2.c1ccc2c(c1)Cc1oc(CC3=N[C@@H]4c5ccccc5C[C@@H]4O3)nc1-2. The second kappa shape index (κ2) is 13.2. The van der Waals surface area contributed by atoms with E-state index in [1.165, 1.54) is 44.5 Å². The average molecular weight is 875 g/mol. The molecule has 2 aromatic heterocycles. The first-order valence-electron chi connectivity index (χ1n) is 17.8. The molecule has 0 N–H and O–H groups in total. The summed E-state index contributed by atoms with van der Waals surface area (Å²) in [5, 5.41) is 0. The first-order chi connectivity index (χ1) is 26.1. The van der Waals surface area contributed by atoms with Crippen molar-refractivity contribution >= 4 is 11.8 Å². The molecule has 0 spiro atoms. The van der Waals surface area contributed by atoms with Crippen molar-refractivity contribution in [3.05, 3.63) is 154 Å². The van der Waals surface area contributed by atoms with E-state index in [4.69, 9.17) is 45.2 Å². The first-order valence-corrected chi connectivity index (χ1v) is 20.0. The van der Waals surface area contributed by atoms with Gasteiger partial charge in [-0.25, -0.2) is 20.0 Å². The van der Waals surface area contributed by atoms with Crippen molar-refractivity contribution in [1.82, 2.24) is 9.97 Å². The summed E-state index contributed by atoms with van der Waals surface area (Å²) in [6, 6.07) is 33.9. The van der Waals surface area contributed by atoms with Gasteiger partial charge in [-0.1, -0.05) is 97.1 Å². The second-order valence-electron chi connectivity index (χ2n) is 13.9. The fraction of sp³-hybridized carbons (Fsp3) is 0.238. The predicted octanol–water partition coefficient (Wildman–Crippen LogP) is 7.53. The fourth-order valence-corrected chi connectivity index (χ4v) is 8.52. The number of fused-ring (bicyclic) bond motifs is 12. The summed E-state index contributed by atoms with van der Waals surface area (Å²) in [6.45, 7) is 0. The van der Waals surface area contributed by atoms with Crippen LogP contribution in [-0.4, -0.2) is 34.0 Å². The Bertz CT molecular complexity index is 2350. The normalized spacial score (nSPS) is 21.0. The number of hydrogen-bond acceptors (Lipinski definition) is 10. The van der Waals surface area contributed by atoms with Crippen LogP contribution in [0, 0.1) is 0 Å². The third kappa shape index (κ3) is 5.75. The molecule has 0 bridgehead atoms. The third-order valence-electron chi connectivity index (χ3n) is 10.8. The van der Waals surface area contributed by atoms with Crippen molar-refractivity contribution in [3.63, 3.8) is 0 Å². The Labute approximate surface area is 312 Å². The van der Waals surface area contributed by atoms with E-state index in [1.807, 2.05) is 12.1 Å². The minimum Gasteiger partial charge on any atom is -0.474 e. The molecule has 10 nitrogen and oxygen atoms in total. The van der Waals surface area contributed by atoms with Crippen LogP contribution in [0.25, 0.3) is 22.5 Å². The van der Waals surface area contributed by atoms with Crippen LogP contribution in [0.3, 0.4) is 0 Å². The number of nitrogens with zero attached hydrogens (tertiary/aromatic N) is 4. The number of aromatic nitrogens is 2. The van der Waals surface area contributed by atoms with Gasteiger partial charge in [0.2, 0.25) is 11.8 Å². The number of hydrogen-bond donors (Lipinski definition) is 0. The van der Waals surface area contributed by atoms with Gasteiger partial charge in [-0.05, 0) is 33.4 Å². The summed E-state index contributed by atoms with van der Waals surface area (Å²) in [5.74, 6) is 4.81. The fourth-order valence-electron chi connectivity index (χ4n) is 8.52. The zero-order valence-electron chi connectivity index (χ0n) is 28.4. The van der Waals surface area contributed by atoms with Crippen LogP contribution >= 0.6 is 0 Å². The Balaban J connectivity index is 0.000000123. The van der Waals surface area contributed by atoms with Crippen molar-refractivity contribution in [2.45, 2.75) is 62.8 Å². The summed E-state index contributed by atoms with van der Waals surface area (Å²) in [6.07, 6.45) is 4.85. The maximum absolute atomic E-state index is 8.53. The standard InChI is InChI=1S/2C21H16N2O2.2O.Re/c2*1-3-7-14-12(5-1)9-16-20(14)22-18(24-16)11-19-23-21-15-8-4-2-6-13(15)10-17(21)25-19;;;/h2*1-8,16,20H,9-11H2;;;/t2*16-,20+;;;/m00.../s1. The van der Waals surface area contributed by atoms with E-state index in [0.717, 1.165) is 60.4 Å². The molecule has 4 aromatic carbocycles. The van der Waals surface area contributed by atoms with Crippen molar-refractivity contribution in [3.8, 4) is 22.5 Å². The average Bonchev–Trinajstić information content (AvgIpc) is 4.02. The van der Waals surface area contributed by atoms with Crippen LogP contribution in [0.4, 0.5) is 0 Å². The molecule has 4 atom stereocenters. The monoisotopic (exact) mass is 875 g/mol. The van der Waals surface area contributed by atoms with Crippen LogP contribution in [0.5, 0.6) is 0 Å². The molecular weight excluding hydrogens is 843 g/mol. The van der Waals surface area contributed by atoms with Gasteiger partial charge in [-0.15, -0.1) is 0 Å². The molecule has 4 aliphatic carbocycles. The van der Waals surface area contributed by atoms with Crippen molar-refractivity contribution in [2.24, 2.45) is 9.98 Å². The van der Waals surface area contributed by atoms with Crippen LogP contribution in [-0.2, 0) is 72.8 Å². The second-order valence-corrected chi connectivity index (χ2v) is 14.3. The van der Waals surface area contributed by atoms with Crippen LogP contribution < -0.4 is 0 Å². The van der Waals surface area contributed by atoms with E-state index in [2.05, 4.69) is 84.9 Å². The quantitative estimate of drug-likeness (QED) is 0.178. The summed E-state index contributed by atoms with van der Waals surface area (Å²) >= 11 is -2.17. The molecule has 0 saturated carbocycles. The third-order valence-corrected chi connectivity index (χ3v) is 10.8. The van der Waals surface area contributed by atoms with Gasteiger partial charge in [0.1, 0.15) is 60.0 Å². The number of aliphatic imine (C=N–C) groups is 2. The molecule has 53 heavy (non-hydrogen) atoms. The number of oxazole rings is 2. The molecule has 263 valence electrons. The largest absolute Gasteiger partial charge is 0.474 e. The summed E-state index contributed by atoms with van der Waals surface area (Å²) in [4.78, 5) is 19.0. The minimum atomic E-state index is -2.17. The smallest absolute Gasteiger partial charge is 0.204 e. The molecule has 0 saturated heterocycles. The van der Waals surface area contributed by atoms with Crippen molar-refractivity contribution in [2.75, 3.05) is 0 Å². The predicted molar refractivity (Wildman–Crippen MR) is 189 cm³/mol. The molecule has 0 fully saturated rings. The summed E-state index contributed by atoms with van der Waals surface area (Å²) in [7, 11) is 0. The number of rotatable bonds is 4. The zero-order valence-corrected chi connectivity index (χ0v) is 31.1. The van der Waals surface area contributed by atoms with Crippen molar-refractivity contribution in [1.29, 1.82) is 0 Å². The zero-order chi connectivity index (χ0) is 35.5. The van der Waals surface area contributed by atoms with E-state index in [-0.39, 0.29) is 24.3 Å². The topological polar surface area (TPSA) is 129 Å². The molecule has 2 aliphatic heterocycles. The van der Waals surface area contributed by atoms with Gasteiger partial charge in [0.05, 0.1) is 0 Å². The molecule has 0 radical (unpaired) electrons. The summed E-state index contributed by atoms with van der Waals surface area (Å²) in [5.41, 5.74) is 12.2. The first kappa shape index (κ1) is 32.2. The number of benzene rings is 4. The van der Waals surface area contributed by atoms with Gasteiger partial charge < -0.3 is 18.3 Å². The van der Waals surface area contributed by atoms with E-state index in [0.29, 0.717) is 24.6 Å². The van der Waals surface area contributed by atoms with Gasteiger partial charge in [0, 0.05) is 36.8 Å². The number of ether oxygens (including phenoxy) is 2. The Kier molecular flexibility index (Phi) is 8.00. The van der Waals surface area contributed by atoms with Gasteiger partial charge in [0.25, 0.3) is 0 Å². The van der Waals surface area contributed by atoms with Crippen LogP contribution in [0.1, 0.15) is 68.8 Å². The molecule has 4 heterocycles. The van der Waals surface area contributed by atoms with Gasteiger partial charge in [0.15, 0.2) is 11.8 Å². The van der Waals surface area contributed by atoms with Gasteiger partial charge >= 0.3 is 24.8 Å². The minimum absolute atomic E-state index is 0.133.